The average molecular weight is 525 g/mol. The maximum absolute atomic E-state index is 14.2. The molecule has 0 radical (unpaired) electrons. The second kappa shape index (κ2) is 10.7. The molecule has 10 nitrogen and oxygen atoms in total. The van der Waals surface area contributed by atoms with Crippen molar-refractivity contribution in [2.45, 2.75) is 32.2 Å². The fraction of sp³-hybridized carbons (Fsp3) is 0.240. The summed E-state index contributed by atoms with van der Waals surface area (Å²) in [5.41, 5.74) is 0.711. The Balaban J connectivity index is 1.71. The van der Waals surface area contributed by atoms with E-state index in [4.69, 9.17) is 5.26 Å². The van der Waals surface area contributed by atoms with Gasteiger partial charge in [-0.3, -0.25) is 14.8 Å². The van der Waals surface area contributed by atoms with Gasteiger partial charge in [-0.05, 0) is 38.1 Å². The summed E-state index contributed by atoms with van der Waals surface area (Å²) in [6, 6.07) is 9.93. The molecule has 4 heterocycles. The van der Waals surface area contributed by atoms with Crippen LogP contribution in [-0.2, 0) is 0 Å². The molecule has 0 bridgehead atoms. The fourth-order valence-corrected chi connectivity index (χ4v) is 3.47. The summed E-state index contributed by atoms with van der Waals surface area (Å²) in [6.07, 6.45) is 3.37. The number of hydrogen-bond acceptors (Lipinski definition) is 8. The maximum Gasteiger partial charge on any atom is 0.387 e. The number of fused-ring (bicyclic) bond motifs is 1. The fourth-order valence-electron chi connectivity index (χ4n) is 3.47. The predicted molar refractivity (Wildman–Crippen MR) is 131 cm³/mol. The molecule has 1 atom stereocenters. The van der Waals surface area contributed by atoms with Crippen molar-refractivity contribution in [3.05, 3.63) is 66.2 Å². The van der Waals surface area contributed by atoms with Gasteiger partial charge in [-0.25, -0.2) is 8.91 Å². The molecule has 3 N–H and O–H groups in total. The van der Waals surface area contributed by atoms with E-state index in [1.54, 1.807) is 22.7 Å². The standard InChI is InChI=1S/C25H22F3N7O3/c1-25(2,37)22(26)13-32-23(36)18-12-31-20(21-4-3-16-5-14(8-29)9-33-35(16)21)7-19(18)34-15-6-17(11-30-10-15)38-24(27)28/h3-7,9-12,22,24,37H,13H2,1-2H3,(H,31,34)(H,32,36)/t22-/m1/s1. The van der Waals surface area contributed by atoms with Crippen LogP contribution in [-0.4, -0.2) is 55.5 Å². The molecule has 0 aliphatic carbocycles. The molecule has 0 saturated heterocycles. The topological polar surface area (TPSA) is 137 Å². The molecule has 4 aromatic heterocycles. The van der Waals surface area contributed by atoms with Gasteiger partial charge in [0.1, 0.15) is 18.0 Å². The van der Waals surface area contributed by atoms with Gasteiger partial charge in [-0.2, -0.15) is 19.1 Å². The zero-order valence-corrected chi connectivity index (χ0v) is 20.2. The highest BCUT2D eigenvalue weighted by Gasteiger charge is 2.27. The van der Waals surface area contributed by atoms with Crippen LogP contribution in [0.2, 0.25) is 0 Å². The number of nitrogens with zero attached hydrogens (tertiary/aromatic N) is 5. The SMILES string of the molecule is CC(C)(O)[C@H](F)CNC(=O)c1cnc(-c2ccc3cc(C#N)cnn23)cc1Nc1cncc(OC(F)F)c1. The first kappa shape index (κ1) is 26.4. The van der Waals surface area contributed by atoms with E-state index in [1.165, 1.54) is 44.6 Å². The molecule has 0 unspecified atom stereocenters. The van der Waals surface area contributed by atoms with Crippen molar-refractivity contribution >= 4 is 22.8 Å². The summed E-state index contributed by atoms with van der Waals surface area (Å²) in [4.78, 5) is 21.2. The smallest absolute Gasteiger partial charge is 0.387 e. The third-order valence-corrected chi connectivity index (χ3v) is 5.47. The summed E-state index contributed by atoms with van der Waals surface area (Å²) < 4.78 is 45.5. The summed E-state index contributed by atoms with van der Waals surface area (Å²) in [5, 5.41) is 28.6. The number of halogens is 3. The number of anilines is 2. The molecule has 38 heavy (non-hydrogen) atoms. The molecule has 4 aromatic rings. The van der Waals surface area contributed by atoms with Gasteiger partial charge < -0.3 is 20.5 Å². The number of alkyl halides is 3. The molecule has 0 saturated carbocycles. The van der Waals surface area contributed by atoms with Crippen LogP contribution in [0.5, 0.6) is 5.75 Å². The molecule has 4 rings (SSSR count). The van der Waals surface area contributed by atoms with Gasteiger partial charge in [0.2, 0.25) is 0 Å². The number of amides is 1. The molecule has 0 spiro atoms. The van der Waals surface area contributed by atoms with Gasteiger partial charge in [0.15, 0.2) is 0 Å². The number of carbonyl (C=O) groups excluding carboxylic acids is 1. The maximum atomic E-state index is 14.2. The summed E-state index contributed by atoms with van der Waals surface area (Å²) in [5.74, 6) is -0.894. The number of aliphatic hydroxyl groups is 1. The Hall–Kier alpha value is -4.70. The lowest BCUT2D eigenvalue weighted by Crippen LogP contribution is -2.42. The van der Waals surface area contributed by atoms with Crippen LogP contribution >= 0.6 is 0 Å². The van der Waals surface area contributed by atoms with Crippen molar-refractivity contribution < 1.29 is 27.8 Å². The van der Waals surface area contributed by atoms with Gasteiger partial charge in [0.05, 0.1) is 70.1 Å². The van der Waals surface area contributed by atoms with E-state index in [9.17, 15) is 23.1 Å². The molecule has 0 aliphatic heterocycles. The van der Waals surface area contributed by atoms with E-state index in [-0.39, 0.29) is 22.7 Å². The Labute approximate surface area is 214 Å². The van der Waals surface area contributed by atoms with Crippen LogP contribution in [0.25, 0.3) is 16.9 Å². The molecule has 0 aliphatic rings. The first-order chi connectivity index (χ1) is 18.0. The third kappa shape index (κ3) is 5.98. The van der Waals surface area contributed by atoms with E-state index in [2.05, 4.69) is 30.4 Å². The Bertz CT molecular complexity index is 1510. The monoisotopic (exact) mass is 525 g/mol. The minimum absolute atomic E-state index is 0.0115. The first-order valence-corrected chi connectivity index (χ1v) is 11.2. The normalized spacial score (nSPS) is 12.3. The summed E-state index contributed by atoms with van der Waals surface area (Å²) in [6.45, 7) is -0.951. The molecular formula is C25H22F3N7O3. The van der Waals surface area contributed by atoms with Gasteiger partial charge in [-0.1, -0.05) is 0 Å². The highest BCUT2D eigenvalue weighted by atomic mass is 19.3. The van der Waals surface area contributed by atoms with Crippen LogP contribution in [0.4, 0.5) is 24.5 Å². The number of nitriles is 1. The zero-order chi connectivity index (χ0) is 27.4. The van der Waals surface area contributed by atoms with E-state index >= 15 is 0 Å². The Morgan fingerprint density at radius 2 is 1.97 bits per heavy atom. The molecule has 1 amide bonds. The minimum atomic E-state index is -3.05. The second-order valence-electron chi connectivity index (χ2n) is 8.77. The number of pyridine rings is 2. The van der Waals surface area contributed by atoms with Crippen LogP contribution in [0.15, 0.2) is 55.1 Å². The number of nitrogens with one attached hydrogen (secondary N) is 2. The summed E-state index contributed by atoms with van der Waals surface area (Å²) in [7, 11) is 0. The van der Waals surface area contributed by atoms with Crippen molar-refractivity contribution in [2.75, 3.05) is 11.9 Å². The van der Waals surface area contributed by atoms with E-state index in [0.29, 0.717) is 22.5 Å². The first-order valence-electron chi connectivity index (χ1n) is 11.2. The number of aromatic nitrogens is 4. The van der Waals surface area contributed by atoms with Crippen LogP contribution in [0.3, 0.4) is 0 Å². The van der Waals surface area contributed by atoms with E-state index < -0.39 is 30.8 Å². The number of rotatable bonds is 9. The number of carbonyl (C=O) groups is 1. The van der Waals surface area contributed by atoms with Crippen molar-refractivity contribution in [2.24, 2.45) is 0 Å². The molecule has 13 heteroatoms. The van der Waals surface area contributed by atoms with E-state index in [0.717, 1.165) is 6.20 Å². The third-order valence-electron chi connectivity index (χ3n) is 5.47. The number of ether oxygens (including phenoxy) is 1. The highest BCUT2D eigenvalue weighted by molar-refractivity contribution is 6.00. The van der Waals surface area contributed by atoms with Crippen LogP contribution in [0.1, 0.15) is 29.8 Å². The molecule has 196 valence electrons. The second-order valence-corrected chi connectivity index (χ2v) is 8.77. The lowest BCUT2D eigenvalue weighted by Gasteiger charge is -2.22. The van der Waals surface area contributed by atoms with Gasteiger partial charge >= 0.3 is 6.61 Å². The molecule has 0 aromatic carbocycles. The van der Waals surface area contributed by atoms with Crippen molar-refractivity contribution in [3.8, 4) is 23.2 Å². The van der Waals surface area contributed by atoms with Crippen molar-refractivity contribution in [1.29, 1.82) is 5.26 Å². The highest BCUT2D eigenvalue weighted by Crippen LogP contribution is 2.29. The Kier molecular flexibility index (Phi) is 7.45. The average Bonchev–Trinajstić information content (AvgIpc) is 3.29. The van der Waals surface area contributed by atoms with Gasteiger partial charge in [-0.15, -0.1) is 0 Å². The predicted octanol–water partition coefficient (Wildman–Crippen LogP) is 3.85. The minimum Gasteiger partial charge on any atom is -0.433 e. The lowest BCUT2D eigenvalue weighted by molar-refractivity contribution is -0.0500. The van der Waals surface area contributed by atoms with Gasteiger partial charge in [0.25, 0.3) is 5.91 Å². The Morgan fingerprint density at radius 1 is 1.18 bits per heavy atom. The lowest BCUT2D eigenvalue weighted by atomic mass is 10.0. The van der Waals surface area contributed by atoms with Gasteiger partial charge in [0, 0.05) is 12.3 Å². The van der Waals surface area contributed by atoms with Crippen molar-refractivity contribution in [3.63, 3.8) is 0 Å². The summed E-state index contributed by atoms with van der Waals surface area (Å²) >= 11 is 0. The molecule has 0 fully saturated rings. The largest absolute Gasteiger partial charge is 0.433 e. The zero-order valence-electron chi connectivity index (χ0n) is 20.2. The molecular weight excluding hydrogens is 503 g/mol. The van der Waals surface area contributed by atoms with Crippen molar-refractivity contribution in [1.82, 2.24) is 24.9 Å². The number of hydrogen-bond donors (Lipinski definition) is 3. The van der Waals surface area contributed by atoms with E-state index in [1.807, 2.05) is 6.07 Å². The quantitative estimate of drug-likeness (QED) is 0.300. The Morgan fingerprint density at radius 3 is 2.68 bits per heavy atom. The van der Waals surface area contributed by atoms with Crippen LogP contribution in [0, 0.1) is 11.3 Å². The van der Waals surface area contributed by atoms with Crippen LogP contribution < -0.4 is 15.4 Å².